The van der Waals surface area contributed by atoms with E-state index in [1.54, 1.807) is 30.3 Å². The Morgan fingerprint density at radius 2 is 2.00 bits per heavy atom. The first-order valence-corrected chi connectivity index (χ1v) is 6.72. The third kappa shape index (κ3) is 3.90. The van der Waals surface area contributed by atoms with Gasteiger partial charge in [0.2, 0.25) is 11.8 Å². The van der Waals surface area contributed by atoms with Gasteiger partial charge in [0.1, 0.15) is 0 Å². The molecule has 1 heterocycles. The Balaban J connectivity index is 1.82. The molecular formula is C12H12N4O3S. The first-order valence-electron chi connectivity index (χ1n) is 5.73. The minimum absolute atomic E-state index is 0.00474. The Kier molecular flexibility index (Phi) is 4.85. The summed E-state index contributed by atoms with van der Waals surface area (Å²) in [5.74, 6) is -0.570. The molecule has 1 aromatic heterocycles. The fraction of sp³-hybridized carbons (Fsp3) is 0.167. The lowest BCUT2D eigenvalue weighted by Crippen LogP contribution is -2.31. The lowest BCUT2D eigenvalue weighted by atomic mass is 10.2. The summed E-state index contributed by atoms with van der Waals surface area (Å²) in [6, 6.07) is 8.49. The molecule has 0 radical (unpaired) electrons. The molecule has 0 unspecified atom stereocenters. The highest BCUT2D eigenvalue weighted by Crippen LogP contribution is 2.15. The number of imide groups is 1. The predicted molar refractivity (Wildman–Crippen MR) is 71.8 cm³/mol. The van der Waals surface area contributed by atoms with Crippen LogP contribution in [0.15, 0.2) is 40.0 Å². The van der Waals surface area contributed by atoms with Crippen molar-refractivity contribution < 1.29 is 14.0 Å². The molecule has 0 saturated heterocycles. The highest BCUT2D eigenvalue weighted by Gasteiger charge is 2.12. The van der Waals surface area contributed by atoms with Gasteiger partial charge in [0.05, 0.1) is 12.3 Å². The normalized spacial score (nSPS) is 10.2. The molecule has 0 aliphatic heterocycles. The van der Waals surface area contributed by atoms with E-state index < -0.39 is 11.8 Å². The number of nitrogens with zero attached hydrogens (tertiary/aromatic N) is 2. The van der Waals surface area contributed by atoms with Crippen LogP contribution in [0, 0.1) is 0 Å². The second kappa shape index (κ2) is 6.83. The van der Waals surface area contributed by atoms with Crippen LogP contribution in [0.25, 0.3) is 0 Å². The fourth-order valence-electron chi connectivity index (χ4n) is 1.33. The van der Waals surface area contributed by atoms with E-state index >= 15 is 0 Å². The van der Waals surface area contributed by atoms with E-state index in [0.717, 1.165) is 11.8 Å². The van der Waals surface area contributed by atoms with E-state index in [-0.39, 0.29) is 17.5 Å². The van der Waals surface area contributed by atoms with Crippen molar-refractivity contribution >= 4 is 23.6 Å². The van der Waals surface area contributed by atoms with E-state index in [4.69, 9.17) is 10.2 Å². The van der Waals surface area contributed by atoms with Crippen LogP contribution in [0.3, 0.4) is 0 Å². The molecule has 0 saturated carbocycles. The number of nitrogens with one attached hydrogen (secondary N) is 1. The number of carbonyl (C=O) groups excluding carboxylic acids is 2. The van der Waals surface area contributed by atoms with Crippen LogP contribution >= 0.6 is 11.8 Å². The van der Waals surface area contributed by atoms with E-state index in [1.807, 2.05) is 0 Å². The molecule has 0 bridgehead atoms. The summed E-state index contributed by atoms with van der Waals surface area (Å²) in [7, 11) is 0. The number of hydrogen-bond donors (Lipinski definition) is 2. The molecule has 8 heteroatoms. The van der Waals surface area contributed by atoms with Crippen molar-refractivity contribution in [3.05, 3.63) is 41.8 Å². The number of nitrogens with two attached hydrogens (primary N) is 1. The lowest BCUT2D eigenvalue weighted by molar-refractivity contribution is -0.117. The van der Waals surface area contributed by atoms with Crippen molar-refractivity contribution in [2.45, 2.75) is 11.8 Å². The minimum atomic E-state index is -0.440. The molecule has 3 N–H and O–H groups in total. The maximum absolute atomic E-state index is 11.7. The highest BCUT2D eigenvalue weighted by molar-refractivity contribution is 7.99. The van der Waals surface area contributed by atoms with Crippen LogP contribution in [0.4, 0.5) is 0 Å². The molecule has 104 valence electrons. The molecule has 0 aliphatic carbocycles. The molecule has 2 rings (SSSR count). The second-order valence-electron chi connectivity index (χ2n) is 3.70. The first-order chi connectivity index (χ1) is 9.69. The zero-order valence-electron chi connectivity index (χ0n) is 10.4. The SMILES string of the molecule is NCc1nnc(SCC(=O)NC(=O)c2ccccc2)o1. The van der Waals surface area contributed by atoms with Crippen LogP contribution in [-0.2, 0) is 11.3 Å². The predicted octanol–water partition coefficient (Wildman–Crippen LogP) is 0.577. The molecule has 7 nitrogen and oxygen atoms in total. The van der Waals surface area contributed by atoms with Crippen molar-refractivity contribution in [2.24, 2.45) is 5.73 Å². The maximum Gasteiger partial charge on any atom is 0.277 e. The van der Waals surface area contributed by atoms with E-state index in [2.05, 4.69) is 15.5 Å². The lowest BCUT2D eigenvalue weighted by Gasteiger charge is -2.02. The van der Waals surface area contributed by atoms with Crippen molar-refractivity contribution in [1.82, 2.24) is 15.5 Å². The first kappa shape index (κ1) is 14.2. The van der Waals surface area contributed by atoms with Gasteiger partial charge < -0.3 is 10.2 Å². The standard InChI is InChI=1S/C12H12N4O3S/c13-6-10-15-16-12(19-10)20-7-9(17)14-11(18)8-4-2-1-3-5-8/h1-5H,6-7,13H2,(H,14,17,18). The zero-order chi connectivity index (χ0) is 14.4. The maximum atomic E-state index is 11.7. The van der Waals surface area contributed by atoms with Crippen molar-refractivity contribution in [2.75, 3.05) is 5.75 Å². The summed E-state index contributed by atoms with van der Waals surface area (Å²) in [5.41, 5.74) is 5.75. The third-order valence-electron chi connectivity index (χ3n) is 2.24. The van der Waals surface area contributed by atoms with Gasteiger partial charge in [-0.1, -0.05) is 30.0 Å². The molecule has 0 atom stereocenters. The van der Waals surface area contributed by atoms with Gasteiger partial charge in [0.15, 0.2) is 0 Å². The zero-order valence-corrected chi connectivity index (χ0v) is 11.2. The number of rotatable bonds is 5. The molecule has 1 aromatic carbocycles. The average molecular weight is 292 g/mol. The van der Waals surface area contributed by atoms with E-state index in [1.165, 1.54) is 0 Å². The molecule has 2 aromatic rings. The summed E-state index contributed by atoms with van der Waals surface area (Å²) in [6.45, 7) is 0.145. The van der Waals surface area contributed by atoms with Gasteiger partial charge >= 0.3 is 0 Å². The summed E-state index contributed by atoms with van der Waals surface area (Å²) in [6.07, 6.45) is 0. The van der Waals surface area contributed by atoms with Gasteiger partial charge in [0, 0.05) is 5.56 Å². The molecule has 20 heavy (non-hydrogen) atoms. The molecular weight excluding hydrogens is 280 g/mol. The van der Waals surface area contributed by atoms with Gasteiger partial charge in [-0.3, -0.25) is 14.9 Å². The Morgan fingerprint density at radius 1 is 1.25 bits per heavy atom. The van der Waals surface area contributed by atoms with E-state index in [9.17, 15) is 9.59 Å². The fourth-order valence-corrected chi connectivity index (χ4v) is 1.91. The molecule has 0 fully saturated rings. The molecule has 2 amide bonds. The number of hydrogen-bond acceptors (Lipinski definition) is 7. The number of aromatic nitrogens is 2. The summed E-state index contributed by atoms with van der Waals surface area (Å²) in [5, 5.41) is 9.87. The van der Waals surface area contributed by atoms with Crippen molar-refractivity contribution in [3.63, 3.8) is 0 Å². The highest BCUT2D eigenvalue weighted by atomic mass is 32.2. The smallest absolute Gasteiger partial charge is 0.277 e. The van der Waals surface area contributed by atoms with Gasteiger partial charge in [-0.05, 0) is 12.1 Å². The third-order valence-corrected chi connectivity index (χ3v) is 3.06. The Bertz CT molecular complexity index is 600. The molecule has 0 spiro atoms. The summed E-state index contributed by atoms with van der Waals surface area (Å²) in [4.78, 5) is 23.3. The number of benzene rings is 1. The van der Waals surface area contributed by atoms with Crippen molar-refractivity contribution in [1.29, 1.82) is 0 Å². The molecule has 0 aliphatic rings. The Hall–Kier alpha value is -2.19. The number of amides is 2. The Labute approximate surface area is 118 Å². The van der Waals surface area contributed by atoms with Gasteiger partial charge in [-0.2, -0.15) is 0 Å². The average Bonchev–Trinajstić information content (AvgIpc) is 2.94. The summed E-state index contributed by atoms with van der Waals surface area (Å²) >= 11 is 1.04. The monoisotopic (exact) mass is 292 g/mol. The second-order valence-corrected chi connectivity index (χ2v) is 4.62. The Morgan fingerprint density at radius 3 is 2.65 bits per heavy atom. The van der Waals surface area contributed by atoms with Crippen LogP contribution in [0.1, 0.15) is 16.2 Å². The van der Waals surface area contributed by atoms with Gasteiger partial charge in [0.25, 0.3) is 11.1 Å². The quantitative estimate of drug-likeness (QED) is 0.775. The largest absolute Gasteiger partial charge is 0.415 e. The summed E-state index contributed by atoms with van der Waals surface area (Å²) < 4.78 is 5.12. The minimum Gasteiger partial charge on any atom is -0.415 e. The van der Waals surface area contributed by atoms with Crippen molar-refractivity contribution in [3.8, 4) is 0 Å². The van der Waals surface area contributed by atoms with E-state index in [0.29, 0.717) is 11.5 Å². The number of carbonyl (C=O) groups is 2. The van der Waals surface area contributed by atoms with Crippen LogP contribution in [0.5, 0.6) is 0 Å². The number of thioether (sulfide) groups is 1. The van der Waals surface area contributed by atoms with Gasteiger partial charge in [-0.15, -0.1) is 10.2 Å². The topological polar surface area (TPSA) is 111 Å². The van der Waals surface area contributed by atoms with Gasteiger partial charge in [-0.25, -0.2) is 0 Å². The van der Waals surface area contributed by atoms with Crippen LogP contribution < -0.4 is 11.1 Å². The van der Waals surface area contributed by atoms with Crippen LogP contribution in [0.2, 0.25) is 0 Å². The van der Waals surface area contributed by atoms with Crippen LogP contribution in [-0.4, -0.2) is 27.8 Å².